The van der Waals surface area contributed by atoms with E-state index in [1.165, 1.54) is 16.1 Å². The van der Waals surface area contributed by atoms with Gasteiger partial charge >= 0.3 is 6.08 Å². The Morgan fingerprint density at radius 2 is 1.90 bits per heavy atom. The minimum absolute atomic E-state index is 0.124. The predicted molar refractivity (Wildman–Crippen MR) is 110 cm³/mol. The number of hydrogen-bond donors (Lipinski definition) is 4. The lowest BCUT2D eigenvalue weighted by Crippen LogP contribution is -2.48. The second-order valence-electron chi connectivity index (χ2n) is 8.00. The van der Waals surface area contributed by atoms with Crippen LogP contribution in [0.4, 0.5) is 10.2 Å². The van der Waals surface area contributed by atoms with E-state index in [0.717, 1.165) is 0 Å². The molecule has 4 N–H and O–H groups in total. The molecule has 4 unspecified atom stereocenters. The summed E-state index contributed by atoms with van der Waals surface area (Å²) >= 11 is 0. The van der Waals surface area contributed by atoms with Gasteiger partial charge in [0, 0.05) is 6.17 Å². The number of ether oxygens (including phenoxy) is 1. The summed E-state index contributed by atoms with van der Waals surface area (Å²) in [5, 5.41) is 34.1. The van der Waals surface area contributed by atoms with Crippen LogP contribution < -0.4 is 10.5 Å². The van der Waals surface area contributed by atoms with Gasteiger partial charge in [-0.15, -0.1) is 0 Å². The van der Waals surface area contributed by atoms with Crippen molar-refractivity contribution >= 4 is 30.2 Å². The summed E-state index contributed by atoms with van der Waals surface area (Å²) in [6, 6.07) is 10.1. The molecule has 0 radical (unpaired) electrons. The van der Waals surface area contributed by atoms with Crippen LogP contribution in [0.25, 0.3) is 11.2 Å². The van der Waals surface area contributed by atoms with E-state index in [0.29, 0.717) is 11.7 Å². The molecule has 160 valence electrons. The highest BCUT2D eigenvalue weighted by molar-refractivity contribution is 6.90. The summed E-state index contributed by atoms with van der Waals surface area (Å²) in [5.41, 5.74) is 0.450. The topological polar surface area (TPSA) is 126 Å². The maximum Gasteiger partial charge on any atom is 0.312 e. The minimum Gasteiger partial charge on any atom is -0.394 e. The Balaban J connectivity index is 1.63. The maximum atomic E-state index is 14.2. The smallest absolute Gasteiger partial charge is 0.312 e. The molecule has 1 fully saturated rings. The summed E-state index contributed by atoms with van der Waals surface area (Å²) in [5.74, 6) is 0.250. The lowest BCUT2D eigenvalue weighted by atomic mass is 10.1. The molecule has 9 nitrogen and oxygen atoms in total. The molecule has 11 heteroatoms. The van der Waals surface area contributed by atoms with Crippen LogP contribution in [-0.2, 0) is 4.74 Å². The van der Waals surface area contributed by atoms with E-state index in [-0.39, 0.29) is 11.5 Å². The number of imidazole rings is 1. The molecule has 1 aliphatic rings. The summed E-state index contributed by atoms with van der Waals surface area (Å²) in [6.45, 7) is 3.93. The third kappa shape index (κ3) is 3.70. The van der Waals surface area contributed by atoms with Gasteiger partial charge < -0.3 is 25.4 Å². The molecule has 0 bridgehead atoms. The zero-order chi connectivity index (χ0) is 21.5. The number of nitrogens with zero attached hydrogens (tertiary/aromatic N) is 4. The van der Waals surface area contributed by atoms with E-state index in [1.807, 2.05) is 18.2 Å². The van der Waals surface area contributed by atoms with E-state index >= 15 is 0 Å². The normalized spacial score (nSPS) is 24.5. The number of aliphatic hydroxyl groups excluding tert-OH is 3. The van der Waals surface area contributed by atoms with Crippen LogP contribution in [0.15, 0.2) is 36.7 Å². The maximum absolute atomic E-state index is 14.2. The fraction of sp³-hybridized carbons (Fsp3) is 0.421. The number of halogens is 1. The second kappa shape index (κ2) is 8.00. The average Bonchev–Trinajstić information content (AvgIpc) is 3.28. The van der Waals surface area contributed by atoms with E-state index in [1.54, 1.807) is 0 Å². The van der Waals surface area contributed by atoms with Crippen LogP contribution in [0.3, 0.4) is 0 Å². The van der Waals surface area contributed by atoms with Gasteiger partial charge in [0.1, 0.15) is 26.4 Å². The van der Waals surface area contributed by atoms with Crippen molar-refractivity contribution in [3.05, 3.63) is 42.7 Å². The number of nitrogens with one attached hydrogen (secondary N) is 1. The van der Waals surface area contributed by atoms with Crippen LogP contribution in [0, 0.1) is 6.08 Å². The van der Waals surface area contributed by atoms with Gasteiger partial charge in [-0.25, -0.2) is 4.98 Å². The van der Waals surface area contributed by atoms with Gasteiger partial charge in [0.05, 0.1) is 12.9 Å². The molecule has 0 aliphatic carbocycles. The highest BCUT2D eigenvalue weighted by atomic mass is 28.3. The van der Waals surface area contributed by atoms with Gasteiger partial charge in [0.2, 0.25) is 0 Å². The zero-order valence-electron chi connectivity index (χ0n) is 16.6. The molecule has 2 aromatic heterocycles. The summed E-state index contributed by atoms with van der Waals surface area (Å²) in [6.07, 6.45) is -3.60. The lowest BCUT2D eigenvalue weighted by molar-refractivity contribution is -0.0511. The molecule has 4 atom stereocenters. The largest absolute Gasteiger partial charge is 0.394 e. The van der Waals surface area contributed by atoms with Crippen molar-refractivity contribution in [1.82, 2.24) is 19.5 Å². The molecular weight excluding hydrogens is 409 g/mol. The molecule has 3 heterocycles. The Labute approximate surface area is 173 Å². The minimum atomic E-state index is -1.87. The Hall–Kier alpha value is -2.44. The van der Waals surface area contributed by atoms with Gasteiger partial charge in [-0.3, -0.25) is 4.57 Å². The summed E-state index contributed by atoms with van der Waals surface area (Å²) in [7, 11) is -1.87. The van der Waals surface area contributed by atoms with Crippen molar-refractivity contribution < 1.29 is 24.4 Å². The van der Waals surface area contributed by atoms with Gasteiger partial charge in [-0.1, -0.05) is 48.6 Å². The van der Waals surface area contributed by atoms with E-state index in [9.17, 15) is 19.7 Å². The van der Waals surface area contributed by atoms with E-state index in [4.69, 9.17) is 4.74 Å². The molecule has 1 aromatic carbocycles. The monoisotopic (exact) mass is 433 g/mol. The van der Waals surface area contributed by atoms with Crippen molar-refractivity contribution in [3.8, 4) is 0 Å². The molecular formula is C19H24FN5O4Si. The molecule has 0 saturated carbocycles. The second-order valence-corrected chi connectivity index (χ2v) is 12.7. The number of fused-ring (bicyclic) bond motifs is 1. The fourth-order valence-corrected chi connectivity index (χ4v) is 5.51. The Morgan fingerprint density at radius 1 is 1.17 bits per heavy atom. The first-order valence-electron chi connectivity index (χ1n) is 9.64. The van der Waals surface area contributed by atoms with Crippen molar-refractivity contribution in [2.75, 3.05) is 18.1 Å². The fourth-order valence-electron chi connectivity index (χ4n) is 3.61. The first-order chi connectivity index (χ1) is 14.3. The highest BCUT2D eigenvalue weighted by Crippen LogP contribution is 2.32. The lowest BCUT2D eigenvalue weighted by Gasteiger charge is -2.23. The quantitative estimate of drug-likeness (QED) is 0.320. The first kappa shape index (κ1) is 20.8. The third-order valence-corrected chi connectivity index (χ3v) is 8.40. The average molecular weight is 434 g/mol. The molecule has 30 heavy (non-hydrogen) atoms. The number of aromatic nitrogens is 4. The highest BCUT2D eigenvalue weighted by Gasteiger charge is 2.44. The van der Waals surface area contributed by atoms with Gasteiger partial charge in [0.25, 0.3) is 0 Å². The van der Waals surface area contributed by atoms with Gasteiger partial charge in [-0.2, -0.15) is 14.4 Å². The number of hydrogen-bond acceptors (Lipinski definition) is 8. The molecule has 1 saturated heterocycles. The van der Waals surface area contributed by atoms with Crippen LogP contribution in [-0.4, -0.2) is 74.0 Å². The van der Waals surface area contributed by atoms with Crippen molar-refractivity contribution in [1.29, 1.82) is 0 Å². The number of aliphatic hydroxyl groups is 3. The number of benzene rings is 1. The third-order valence-electron chi connectivity index (χ3n) is 5.44. The van der Waals surface area contributed by atoms with E-state index < -0.39 is 45.3 Å². The van der Waals surface area contributed by atoms with Crippen LogP contribution in [0.2, 0.25) is 13.1 Å². The van der Waals surface area contributed by atoms with Gasteiger partial charge in [0.15, 0.2) is 23.2 Å². The van der Waals surface area contributed by atoms with Crippen molar-refractivity contribution in [3.63, 3.8) is 0 Å². The Bertz CT molecular complexity index is 1030. The standard InChI is InChI=1S/C19H24FN5O4Si/c1-30(2,11-6-4-3-5-7-11)10-22-16-13-17(24-19(20)23-16)25(9-21-13)18-15(28)14(27)12(8-26)29-18/h3-7,9,12,14-15,18,26-28H,8,10H2,1-2H3,(H,22,23,24). The van der Waals surface area contributed by atoms with Crippen molar-refractivity contribution in [2.24, 2.45) is 0 Å². The van der Waals surface area contributed by atoms with Crippen LogP contribution in [0.1, 0.15) is 6.23 Å². The SMILES string of the molecule is C[Si](C)(CNc1nc(F)nc2c1ncn2C1OC(CO)C(O)C1O)c1ccccc1. The van der Waals surface area contributed by atoms with Crippen LogP contribution in [0.5, 0.6) is 0 Å². The molecule has 1 aliphatic heterocycles. The summed E-state index contributed by atoms with van der Waals surface area (Å²) < 4.78 is 21.1. The first-order valence-corrected chi connectivity index (χ1v) is 12.8. The van der Waals surface area contributed by atoms with Gasteiger partial charge in [-0.05, 0) is 0 Å². The number of rotatable bonds is 6. The predicted octanol–water partition coefficient (Wildman–Crippen LogP) is 0.144. The molecule has 0 amide bonds. The zero-order valence-corrected chi connectivity index (χ0v) is 17.6. The molecule has 0 spiro atoms. The Kier molecular flexibility index (Phi) is 5.55. The Morgan fingerprint density at radius 3 is 2.57 bits per heavy atom. The number of anilines is 1. The molecule has 3 aromatic rings. The summed E-state index contributed by atoms with van der Waals surface area (Å²) in [4.78, 5) is 12.0. The van der Waals surface area contributed by atoms with Crippen molar-refractivity contribution in [2.45, 2.75) is 37.6 Å². The molecule has 4 rings (SSSR count). The van der Waals surface area contributed by atoms with Crippen LogP contribution >= 0.6 is 0 Å². The van der Waals surface area contributed by atoms with E-state index in [2.05, 4.69) is 45.5 Å².